The van der Waals surface area contributed by atoms with Crippen molar-refractivity contribution in [2.24, 2.45) is 5.10 Å². The first-order chi connectivity index (χ1) is 10.0. The van der Waals surface area contributed by atoms with Gasteiger partial charge in [-0.15, -0.1) is 0 Å². The van der Waals surface area contributed by atoms with Crippen LogP contribution in [0.3, 0.4) is 0 Å². The zero-order chi connectivity index (χ0) is 15.4. The number of hydrogen-bond donors (Lipinski definition) is 2. The normalized spacial score (nSPS) is 17.3. The molecular formula is C13H20N4O3S. The van der Waals surface area contributed by atoms with E-state index in [1.807, 2.05) is 13.8 Å². The third-order valence-corrected chi connectivity index (χ3v) is 3.82. The van der Waals surface area contributed by atoms with Crippen molar-refractivity contribution < 1.29 is 9.84 Å². The molecule has 1 aromatic heterocycles. The molecule has 1 aliphatic heterocycles. The quantitative estimate of drug-likeness (QED) is 0.646. The molecule has 1 saturated heterocycles. The van der Waals surface area contributed by atoms with Gasteiger partial charge in [0.15, 0.2) is 4.77 Å². The van der Waals surface area contributed by atoms with E-state index in [2.05, 4.69) is 10.1 Å². The molecule has 116 valence electrons. The van der Waals surface area contributed by atoms with Crippen molar-refractivity contribution in [1.29, 1.82) is 0 Å². The molecule has 7 nitrogen and oxygen atoms in total. The third-order valence-electron chi connectivity index (χ3n) is 3.52. The van der Waals surface area contributed by atoms with E-state index in [1.54, 1.807) is 5.01 Å². The van der Waals surface area contributed by atoms with Crippen LogP contribution in [0.15, 0.2) is 9.90 Å². The van der Waals surface area contributed by atoms with Crippen LogP contribution in [0.4, 0.5) is 0 Å². The summed E-state index contributed by atoms with van der Waals surface area (Å²) in [6.07, 6.45) is 2.17. The summed E-state index contributed by atoms with van der Waals surface area (Å²) in [6.45, 7) is 6.46. The van der Waals surface area contributed by atoms with Gasteiger partial charge in [-0.25, -0.2) is 0 Å². The van der Waals surface area contributed by atoms with Gasteiger partial charge in [0.25, 0.3) is 5.56 Å². The fourth-order valence-electron chi connectivity index (χ4n) is 2.07. The van der Waals surface area contributed by atoms with E-state index in [0.717, 1.165) is 6.42 Å². The average molecular weight is 312 g/mol. The lowest BCUT2D eigenvalue weighted by molar-refractivity contribution is 0.0396. The Kier molecular flexibility index (Phi) is 5.13. The number of nitrogens with one attached hydrogen (secondary N) is 1. The highest BCUT2D eigenvalue weighted by molar-refractivity contribution is 7.71. The summed E-state index contributed by atoms with van der Waals surface area (Å²) in [4.78, 5) is 14.5. The molecule has 1 fully saturated rings. The number of nitrogens with zero attached hydrogens (tertiary/aromatic N) is 3. The average Bonchev–Trinajstić information content (AvgIpc) is 2.47. The minimum absolute atomic E-state index is 0.00936. The van der Waals surface area contributed by atoms with Crippen molar-refractivity contribution in [3.63, 3.8) is 0 Å². The molecule has 0 spiro atoms. The highest BCUT2D eigenvalue weighted by atomic mass is 32.1. The molecule has 1 atom stereocenters. The van der Waals surface area contributed by atoms with Crippen molar-refractivity contribution in [2.75, 3.05) is 26.3 Å². The number of H-pyrrole nitrogens is 1. The number of morpholine rings is 1. The minimum Gasteiger partial charge on any atom is -0.494 e. The Bertz CT molecular complexity index is 631. The van der Waals surface area contributed by atoms with E-state index in [0.29, 0.717) is 26.3 Å². The maximum atomic E-state index is 12.0. The van der Waals surface area contributed by atoms with Gasteiger partial charge in [-0.05, 0) is 25.6 Å². The summed E-state index contributed by atoms with van der Waals surface area (Å²) >= 11 is 5.11. The lowest BCUT2D eigenvalue weighted by Crippen LogP contribution is -2.32. The van der Waals surface area contributed by atoms with Gasteiger partial charge in [0.1, 0.15) is 5.56 Å². The zero-order valence-electron chi connectivity index (χ0n) is 12.2. The molecule has 0 saturated carbocycles. The predicted molar refractivity (Wildman–Crippen MR) is 82.5 cm³/mol. The molecule has 1 aromatic rings. The second kappa shape index (κ2) is 6.86. The van der Waals surface area contributed by atoms with Gasteiger partial charge >= 0.3 is 0 Å². The SMILES string of the molecule is CC[C@H](C)n1c(O)c(/C=N/N2CCOCC2)c(=O)[nH]c1=S. The van der Waals surface area contributed by atoms with Crippen LogP contribution in [-0.4, -0.2) is 52.2 Å². The van der Waals surface area contributed by atoms with Crippen LogP contribution in [0.25, 0.3) is 0 Å². The van der Waals surface area contributed by atoms with Crippen LogP contribution in [0, 0.1) is 4.77 Å². The van der Waals surface area contributed by atoms with Gasteiger partial charge in [-0.2, -0.15) is 5.10 Å². The van der Waals surface area contributed by atoms with Gasteiger partial charge in [0, 0.05) is 6.04 Å². The molecule has 2 N–H and O–H groups in total. The first-order valence-corrected chi connectivity index (χ1v) is 7.39. The molecule has 0 bridgehead atoms. The molecule has 21 heavy (non-hydrogen) atoms. The fraction of sp³-hybridized carbons (Fsp3) is 0.615. The van der Waals surface area contributed by atoms with Crippen molar-refractivity contribution in [3.8, 4) is 5.88 Å². The van der Waals surface area contributed by atoms with Gasteiger partial charge in [0.2, 0.25) is 5.88 Å². The molecular weight excluding hydrogens is 292 g/mol. The number of hydrazone groups is 1. The van der Waals surface area contributed by atoms with Crippen molar-refractivity contribution in [1.82, 2.24) is 14.6 Å². The molecule has 0 aliphatic carbocycles. The number of aromatic amines is 1. The Morgan fingerprint density at radius 2 is 2.19 bits per heavy atom. The molecule has 0 unspecified atom stereocenters. The summed E-state index contributed by atoms with van der Waals surface area (Å²) in [7, 11) is 0. The van der Waals surface area contributed by atoms with Crippen LogP contribution >= 0.6 is 12.2 Å². The number of aromatic hydroxyl groups is 1. The maximum Gasteiger partial charge on any atom is 0.264 e. The lowest BCUT2D eigenvalue weighted by Gasteiger charge is -2.23. The summed E-state index contributed by atoms with van der Waals surface area (Å²) in [5.41, 5.74) is -0.315. The smallest absolute Gasteiger partial charge is 0.264 e. The number of aromatic nitrogens is 2. The Labute approximate surface area is 127 Å². The second-order valence-electron chi connectivity index (χ2n) is 4.93. The molecule has 1 aliphatic rings. The Morgan fingerprint density at radius 3 is 2.81 bits per heavy atom. The van der Waals surface area contributed by atoms with E-state index < -0.39 is 5.56 Å². The number of hydrogen-bond acceptors (Lipinski definition) is 6. The van der Waals surface area contributed by atoms with Crippen molar-refractivity contribution >= 4 is 18.4 Å². The molecule has 0 aromatic carbocycles. The van der Waals surface area contributed by atoms with Gasteiger partial charge in [-0.3, -0.25) is 19.4 Å². The molecule has 8 heteroatoms. The highest BCUT2D eigenvalue weighted by Gasteiger charge is 2.15. The largest absolute Gasteiger partial charge is 0.494 e. The van der Waals surface area contributed by atoms with Crippen molar-refractivity contribution in [3.05, 3.63) is 20.7 Å². The monoisotopic (exact) mass is 312 g/mol. The van der Waals surface area contributed by atoms with E-state index in [9.17, 15) is 9.90 Å². The lowest BCUT2D eigenvalue weighted by atomic mass is 10.2. The van der Waals surface area contributed by atoms with Crippen LogP contribution in [-0.2, 0) is 4.74 Å². The van der Waals surface area contributed by atoms with Gasteiger partial charge in [0.05, 0.1) is 32.5 Å². The van der Waals surface area contributed by atoms with E-state index in [1.165, 1.54) is 10.8 Å². The Hall–Kier alpha value is -1.67. The third kappa shape index (κ3) is 3.51. The first kappa shape index (κ1) is 15.7. The molecule has 2 rings (SSSR count). The van der Waals surface area contributed by atoms with Crippen LogP contribution in [0.1, 0.15) is 31.9 Å². The van der Waals surface area contributed by atoms with Gasteiger partial charge in [-0.1, -0.05) is 6.92 Å². The fourth-order valence-corrected chi connectivity index (χ4v) is 2.43. The summed E-state index contributed by atoms with van der Waals surface area (Å²) in [5.74, 6) is -0.143. The number of ether oxygens (including phenoxy) is 1. The van der Waals surface area contributed by atoms with Crippen LogP contribution in [0.5, 0.6) is 5.88 Å². The second-order valence-corrected chi connectivity index (χ2v) is 5.32. The highest BCUT2D eigenvalue weighted by Crippen LogP contribution is 2.20. The van der Waals surface area contributed by atoms with Gasteiger partial charge < -0.3 is 9.84 Å². The first-order valence-electron chi connectivity index (χ1n) is 6.99. The summed E-state index contributed by atoms with van der Waals surface area (Å²) in [6, 6.07) is -0.00936. The topological polar surface area (TPSA) is 82.8 Å². The standard InChI is InChI=1S/C13H20N4O3S/c1-3-9(2)17-12(19)10(11(18)15-13(17)21)8-14-16-4-6-20-7-5-16/h8-9,19H,3-7H2,1-2H3,(H,15,18,21)/b14-8+/t9-/m0/s1. The molecule has 0 amide bonds. The van der Waals surface area contributed by atoms with Crippen LogP contribution in [0.2, 0.25) is 0 Å². The summed E-state index contributed by atoms with van der Waals surface area (Å²) in [5, 5.41) is 16.4. The van der Waals surface area contributed by atoms with Crippen molar-refractivity contribution in [2.45, 2.75) is 26.3 Å². The predicted octanol–water partition coefficient (Wildman–Crippen LogP) is 1.25. The van der Waals surface area contributed by atoms with E-state index >= 15 is 0 Å². The van der Waals surface area contributed by atoms with Crippen LogP contribution < -0.4 is 5.56 Å². The minimum atomic E-state index is -0.436. The number of rotatable bonds is 4. The molecule has 0 radical (unpaired) electrons. The Morgan fingerprint density at radius 1 is 1.52 bits per heavy atom. The van der Waals surface area contributed by atoms with E-state index in [-0.39, 0.29) is 22.3 Å². The maximum absolute atomic E-state index is 12.0. The Balaban J connectivity index is 2.36. The van der Waals surface area contributed by atoms with E-state index in [4.69, 9.17) is 17.0 Å². The molecule has 2 heterocycles. The zero-order valence-corrected chi connectivity index (χ0v) is 13.0. The summed E-state index contributed by atoms with van der Waals surface area (Å²) < 4.78 is 6.99.